The van der Waals surface area contributed by atoms with Crippen molar-refractivity contribution in [2.45, 2.75) is 19.4 Å². The Morgan fingerprint density at radius 3 is 2.75 bits per heavy atom. The molecule has 0 unspecified atom stereocenters. The SMILES string of the molecule is Cn1c(C(=O)N2CCOCC2(C)C)cc2ccccc21. The molecule has 3 rings (SSSR count). The fraction of sp³-hybridized carbons (Fsp3) is 0.438. The maximum atomic E-state index is 12.9. The van der Waals surface area contributed by atoms with Crippen LogP contribution < -0.4 is 0 Å². The minimum absolute atomic E-state index is 0.0806. The molecule has 0 aliphatic carbocycles. The van der Waals surface area contributed by atoms with Gasteiger partial charge in [-0.25, -0.2) is 0 Å². The summed E-state index contributed by atoms with van der Waals surface area (Å²) in [5.41, 5.74) is 1.56. The van der Waals surface area contributed by atoms with E-state index in [0.29, 0.717) is 19.8 Å². The standard InChI is InChI=1S/C16H20N2O2/c1-16(2)11-20-9-8-18(16)15(19)14-10-12-6-4-5-7-13(12)17(14)3/h4-7,10H,8-9,11H2,1-3H3. The molecule has 0 radical (unpaired) electrons. The molecule has 106 valence electrons. The van der Waals surface area contributed by atoms with Crippen molar-refractivity contribution >= 4 is 16.8 Å². The van der Waals surface area contributed by atoms with Gasteiger partial charge in [-0.1, -0.05) is 18.2 Å². The Balaban J connectivity index is 2.02. The lowest BCUT2D eigenvalue weighted by atomic mass is 10.0. The smallest absolute Gasteiger partial charge is 0.271 e. The van der Waals surface area contributed by atoms with Gasteiger partial charge in [-0.05, 0) is 26.0 Å². The molecule has 1 aromatic carbocycles. The highest BCUT2D eigenvalue weighted by molar-refractivity contribution is 5.99. The van der Waals surface area contributed by atoms with Crippen LogP contribution in [0.15, 0.2) is 30.3 Å². The van der Waals surface area contributed by atoms with Crippen LogP contribution in [0.1, 0.15) is 24.3 Å². The fourth-order valence-electron chi connectivity index (χ4n) is 2.87. The van der Waals surface area contributed by atoms with Crippen LogP contribution in [0.3, 0.4) is 0 Å². The topological polar surface area (TPSA) is 34.5 Å². The molecule has 4 heteroatoms. The highest BCUT2D eigenvalue weighted by Crippen LogP contribution is 2.25. The Labute approximate surface area is 118 Å². The number of para-hydroxylation sites is 1. The second-order valence-corrected chi connectivity index (χ2v) is 5.97. The molecule has 1 aliphatic heterocycles. The monoisotopic (exact) mass is 272 g/mol. The van der Waals surface area contributed by atoms with Gasteiger partial charge in [-0.3, -0.25) is 4.79 Å². The summed E-state index contributed by atoms with van der Waals surface area (Å²) in [6, 6.07) is 10.0. The van der Waals surface area contributed by atoms with Crippen molar-refractivity contribution in [3.8, 4) is 0 Å². The number of morpholine rings is 1. The Morgan fingerprint density at radius 2 is 2.05 bits per heavy atom. The third-order valence-corrected chi connectivity index (χ3v) is 4.06. The summed E-state index contributed by atoms with van der Waals surface area (Å²) >= 11 is 0. The minimum Gasteiger partial charge on any atom is -0.377 e. The van der Waals surface area contributed by atoms with Crippen molar-refractivity contribution in [1.29, 1.82) is 0 Å². The number of benzene rings is 1. The first-order valence-electron chi connectivity index (χ1n) is 6.95. The second-order valence-electron chi connectivity index (χ2n) is 5.97. The number of rotatable bonds is 1. The zero-order valence-electron chi connectivity index (χ0n) is 12.2. The first-order valence-corrected chi connectivity index (χ1v) is 6.95. The number of carbonyl (C=O) groups is 1. The number of aromatic nitrogens is 1. The first-order chi connectivity index (χ1) is 9.50. The molecule has 0 N–H and O–H groups in total. The van der Waals surface area contributed by atoms with Gasteiger partial charge >= 0.3 is 0 Å². The molecule has 1 aliphatic rings. The van der Waals surface area contributed by atoms with Gasteiger partial charge in [0.15, 0.2) is 0 Å². The number of hydrogen-bond acceptors (Lipinski definition) is 2. The Bertz CT molecular complexity index is 658. The van der Waals surface area contributed by atoms with Gasteiger partial charge < -0.3 is 14.2 Å². The van der Waals surface area contributed by atoms with E-state index >= 15 is 0 Å². The zero-order chi connectivity index (χ0) is 14.3. The summed E-state index contributed by atoms with van der Waals surface area (Å²) in [6.45, 7) is 5.94. The van der Waals surface area contributed by atoms with Crippen LogP contribution in [0.4, 0.5) is 0 Å². The number of carbonyl (C=O) groups excluding carboxylic acids is 1. The van der Waals surface area contributed by atoms with Crippen molar-refractivity contribution in [2.24, 2.45) is 7.05 Å². The lowest BCUT2D eigenvalue weighted by Gasteiger charge is -2.42. The quantitative estimate of drug-likeness (QED) is 0.799. The van der Waals surface area contributed by atoms with Crippen molar-refractivity contribution in [3.63, 3.8) is 0 Å². The second kappa shape index (κ2) is 4.63. The van der Waals surface area contributed by atoms with E-state index in [1.54, 1.807) is 0 Å². The molecular weight excluding hydrogens is 252 g/mol. The molecule has 4 nitrogen and oxygen atoms in total. The van der Waals surface area contributed by atoms with Crippen molar-refractivity contribution < 1.29 is 9.53 Å². The van der Waals surface area contributed by atoms with E-state index in [2.05, 4.69) is 0 Å². The largest absolute Gasteiger partial charge is 0.377 e. The number of fused-ring (bicyclic) bond motifs is 1. The Morgan fingerprint density at radius 1 is 1.30 bits per heavy atom. The van der Waals surface area contributed by atoms with E-state index in [9.17, 15) is 4.79 Å². The number of ether oxygens (including phenoxy) is 1. The molecule has 1 amide bonds. The van der Waals surface area contributed by atoms with Crippen LogP contribution in [0.5, 0.6) is 0 Å². The lowest BCUT2D eigenvalue weighted by Crippen LogP contribution is -2.55. The molecule has 0 bridgehead atoms. The van der Waals surface area contributed by atoms with E-state index < -0.39 is 0 Å². The molecule has 0 spiro atoms. The molecule has 0 saturated carbocycles. The van der Waals surface area contributed by atoms with Gasteiger partial charge in [0.25, 0.3) is 5.91 Å². The fourth-order valence-corrected chi connectivity index (χ4v) is 2.87. The number of hydrogen-bond donors (Lipinski definition) is 0. The van der Waals surface area contributed by atoms with Crippen LogP contribution in [0.2, 0.25) is 0 Å². The molecule has 2 heterocycles. The molecule has 0 atom stereocenters. The average Bonchev–Trinajstić information content (AvgIpc) is 2.76. The van der Waals surface area contributed by atoms with Gasteiger partial charge in [-0.2, -0.15) is 0 Å². The van der Waals surface area contributed by atoms with E-state index in [1.165, 1.54) is 0 Å². The molecular formula is C16H20N2O2. The highest BCUT2D eigenvalue weighted by Gasteiger charge is 2.35. The maximum Gasteiger partial charge on any atom is 0.271 e. The zero-order valence-corrected chi connectivity index (χ0v) is 12.2. The summed E-state index contributed by atoms with van der Waals surface area (Å²) < 4.78 is 7.46. The molecule has 1 aromatic heterocycles. The summed E-state index contributed by atoms with van der Waals surface area (Å²) in [5.74, 6) is 0.0806. The third kappa shape index (κ3) is 2.00. The third-order valence-electron chi connectivity index (χ3n) is 4.06. The van der Waals surface area contributed by atoms with Gasteiger partial charge in [0.2, 0.25) is 0 Å². The van der Waals surface area contributed by atoms with Crippen LogP contribution in [-0.4, -0.2) is 40.7 Å². The number of aryl methyl sites for hydroxylation is 1. The van der Waals surface area contributed by atoms with Crippen molar-refractivity contribution in [3.05, 3.63) is 36.0 Å². The molecule has 20 heavy (non-hydrogen) atoms. The lowest BCUT2D eigenvalue weighted by molar-refractivity contribution is -0.0374. The first kappa shape index (κ1) is 13.2. The molecule has 1 fully saturated rings. The summed E-state index contributed by atoms with van der Waals surface area (Å²) in [6.07, 6.45) is 0. The van der Waals surface area contributed by atoms with Gasteiger partial charge in [0, 0.05) is 24.5 Å². The van der Waals surface area contributed by atoms with Crippen LogP contribution in [0, 0.1) is 0 Å². The Hall–Kier alpha value is -1.81. The average molecular weight is 272 g/mol. The summed E-state index contributed by atoms with van der Waals surface area (Å²) in [7, 11) is 1.95. The van der Waals surface area contributed by atoms with E-state index in [4.69, 9.17) is 4.74 Å². The predicted octanol–water partition coefficient (Wildman–Crippen LogP) is 2.43. The van der Waals surface area contributed by atoms with E-state index in [0.717, 1.165) is 16.6 Å². The van der Waals surface area contributed by atoms with Gasteiger partial charge in [0.05, 0.1) is 18.8 Å². The van der Waals surface area contributed by atoms with Gasteiger partial charge in [-0.15, -0.1) is 0 Å². The van der Waals surface area contributed by atoms with E-state index in [1.807, 2.05) is 60.7 Å². The summed E-state index contributed by atoms with van der Waals surface area (Å²) in [4.78, 5) is 14.8. The predicted molar refractivity (Wildman–Crippen MR) is 78.9 cm³/mol. The summed E-state index contributed by atoms with van der Waals surface area (Å²) in [5, 5.41) is 1.10. The van der Waals surface area contributed by atoms with Crippen molar-refractivity contribution in [2.75, 3.05) is 19.8 Å². The normalized spacial score (nSPS) is 18.4. The van der Waals surface area contributed by atoms with Gasteiger partial charge in [0.1, 0.15) is 5.69 Å². The maximum absolute atomic E-state index is 12.9. The minimum atomic E-state index is -0.258. The number of amides is 1. The van der Waals surface area contributed by atoms with Crippen LogP contribution in [-0.2, 0) is 11.8 Å². The van der Waals surface area contributed by atoms with Crippen molar-refractivity contribution in [1.82, 2.24) is 9.47 Å². The Kier molecular flexibility index (Phi) is 3.05. The highest BCUT2D eigenvalue weighted by atomic mass is 16.5. The van der Waals surface area contributed by atoms with E-state index in [-0.39, 0.29) is 11.4 Å². The molecule has 2 aromatic rings. The van der Waals surface area contributed by atoms with Crippen LogP contribution >= 0.6 is 0 Å². The van der Waals surface area contributed by atoms with Crippen LogP contribution in [0.25, 0.3) is 10.9 Å². The number of nitrogens with zero attached hydrogens (tertiary/aromatic N) is 2. The molecule has 1 saturated heterocycles.